The van der Waals surface area contributed by atoms with Gasteiger partial charge in [0.2, 0.25) is 0 Å². The van der Waals surface area contributed by atoms with E-state index in [0.29, 0.717) is 30.1 Å². The van der Waals surface area contributed by atoms with E-state index in [9.17, 15) is 9.59 Å². The van der Waals surface area contributed by atoms with Crippen LogP contribution in [0.25, 0.3) is 0 Å². The molecule has 1 aromatic rings. The van der Waals surface area contributed by atoms with Crippen LogP contribution in [0.2, 0.25) is 5.02 Å². The van der Waals surface area contributed by atoms with Crippen LogP contribution in [0, 0.1) is 5.92 Å². The smallest absolute Gasteiger partial charge is 0.321 e. The first-order chi connectivity index (χ1) is 9.47. The van der Waals surface area contributed by atoms with E-state index in [1.807, 2.05) is 0 Å². The highest BCUT2D eigenvalue weighted by Gasteiger charge is 2.28. The molecule has 1 aromatic carbocycles. The number of carboxylic acid groups (broad SMARTS) is 1. The SMILES string of the molecule is O=C(O)[C@@H]1CCCN(C(=O)Nc2ccc(Br)c(Cl)c2)C1. The molecule has 1 atom stereocenters. The van der Waals surface area contributed by atoms with Crippen LogP contribution in [0.3, 0.4) is 0 Å². The van der Waals surface area contributed by atoms with Crippen LogP contribution in [0.4, 0.5) is 10.5 Å². The van der Waals surface area contributed by atoms with Gasteiger partial charge in [-0.2, -0.15) is 0 Å². The molecule has 2 N–H and O–H groups in total. The number of carbonyl (C=O) groups is 2. The Hall–Kier alpha value is -1.27. The molecule has 1 fully saturated rings. The van der Waals surface area contributed by atoms with Crippen LogP contribution in [0.15, 0.2) is 22.7 Å². The lowest BCUT2D eigenvalue weighted by molar-refractivity contribution is -0.143. The minimum Gasteiger partial charge on any atom is -0.481 e. The number of hydrogen-bond acceptors (Lipinski definition) is 2. The number of carboxylic acids is 1. The van der Waals surface area contributed by atoms with Gasteiger partial charge in [0.1, 0.15) is 0 Å². The van der Waals surface area contributed by atoms with Crippen LogP contribution in [0.5, 0.6) is 0 Å². The average Bonchev–Trinajstić information content (AvgIpc) is 2.43. The molecule has 0 aromatic heterocycles. The molecule has 5 nitrogen and oxygen atoms in total. The molecule has 2 amide bonds. The zero-order chi connectivity index (χ0) is 14.7. The fourth-order valence-electron chi connectivity index (χ4n) is 2.14. The van der Waals surface area contributed by atoms with Gasteiger partial charge in [-0.25, -0.2) is 4.79 Å². The molecular weight excluding hydrogens is 348 g/mol. The van der Waals surface area contributed by atoms with Crippen molar-refractivity contribution in [2.24, 2.45) is 5.92 Å². The van der Waals surface area contributed by atoms with E-state index in [1.165, 1.54) is 4.90 Å². The molecule has 108 valence electrons. The van der Waals surface area contributed by atoms with E-state index < -0.39 is 11.9 Å². The molecule has 0 aliphatic carbocycles. The Balaban J connectivity index is 2.00. The molecule has 2 rings (SSSR count). The molecule has 0 unspecified atom stereocenters. The second-order valence-corrected chi connectivity index (χ2v) is 5.94. The summed E-state index contributed by atoms with van der Waals surface area (Å²) in [6.45, 7) is 0.811. The van der Waals surface area contributed by atoms with Crippen molar-refractivity contribution in [2.75, 3.05) is 18.4 Å². The fourth-order valence-corrected chi connectivity index (χ4v) is 2.57. The summed E-state index contributed by atoms with van der Waals surface area (Å²) in [7, 11) is 0. The maximum absolute atomic E-state index is 12.1. The lowest BCUT2D eigenvalue weighted by atomic mass is 9.99. The number of nitrogens with one attached hydrogen (secondary N) is 1. The van der Waals surface area contributed by atoms with Crippen LogP contribution in [-0.2, 0) is 4.79 Å². The predicted octanol–water partition coefficient (Wildman–Crippen LogP) is 3.43. The maximum Gasteiger partial charge on any atom is 0.321 e. The second-order valence-electron chi connectivity index (χ2n) is 4.68. The highest BCUT2D eigenvalue weighted by atomic mass is 79.9. The van der Waals surface area contributed by atoms with Crippen molar-refractivity contribution in [3.05, 3.63) is 27.7 Å². The zero-order valence-corrected chi connectivity index (χ0v) is 12.9. The molecule has 0 radical (unpaired) electrons. The number of hydrogen-bond donors (Lipinski definition) is 2. The van der Waals surface area contributed by atoms with E-state index in [0.717, 1.165) is 4.47 Å². The fraction of sp³-hybridized carbons (Fsp3) is 0.385. The largest absolute Gasteiger partial charge is 0.481 e. The van der Waals surface area contributed by atoms with Crippen molar-refractivity contribution in [2.45, 2.75) is 12.8 Å². The standard InChI is InChI=1S/C13H14BrClN2O3/c14-10-4-3-9(6-11(10)15)16-13(20)17-5-1-2-8(7-17)12(18)19/h3-4,6,8H,1-2,5,7H2,(H,16,20)(H,18,19)/t8-/m1/s1. The lowest BCUT2D eigenvalue weighted by Gasteiger charge is -2.30. The van der Waals surface area contributed by atoms with Gasteiger partial charge in [-0.05, 0) is 47.0 Å². The van der Waals surface area contributed by atoms with Crippen molar-refractivity contribution >= 4 is 45.2 Å². The molecule has 7 heteroatoms. The zero-order valence-electron chi connectivity index (χ0n) is 10.6. The van der Waals surface area contributed by atoms with Gasteiger partial charge in [0.05, 0.1) is 10.9 Å². The monoisotopic (exact) mass is 360 g/mol. The number of likely N-dealkylation sites (tertiary alicyclic amines) is 1. The first-order valence-electron chi connectivity index (χ1n) is 6.21. The number of amides is 2. The molecule has 1 heterocycles. The first-order valence-corrected chi connectivity index (χ1v) is 7.38. The summed E-state index contributed by atoms with van der Waals surface area (Å²) in [5.74, 6) is -1.34. The minimum absolute atomic E-state index is 0.241. The van der Waals surface area contributed by atoms with E-state index in [2.05, 4.69) is 21.2 Å². The summed E-state index contributed by atoms with van der Waals surface area (Å²) in [6, 6.07) is 4.82. The summed E-state index contributed by atoms with van der Waals surface area (Å²) in [5, 5.41) is 12.2. The number of rotatable bonds is 2. The summed E-state index contributed by atoms with van der Waals surface area (Å²) in [6.07, 6.45) is 1.31. The molecule has 0 spiro atoms. The number of aliphatic carboxylic acids is 1. The van der Waals surface area contributed by atoms with E-state index >= 15 is 0 Å². The molecule has 1 aliphatic heterocycles. The highest BCUT2D eigenvalue weighted by Crippen LogP contribution is 2.26. The topological polar surface area (TPSA) is 69.6 Å². The Morgan fingerprint density at radius 1 is 1.45 bits per heavy atom. The number of piperidine rings is 1. The Labute approximate surface area is 130 Å². The molecular formula is C13H14BrClN2O3. The summed E-state index contributed by atoms with van der Waals surface area (Å²) >= 11 is 9.23. The van der Waals surface area contributed by atoms with E-state index in [-0.39, 0.29) is 12.6 Å². The predicted molar refractivity (Wildman–Crippen MR) is 80.1 cm³/mol. The van der Waals surface area contributed by atoms with Crippen molar-refractivity contribution < 1.29 is 14.7 Å². The summed E-state index contributed by atoms with van der Waals surface area (Å²) < 4.78 is 0.751. The maximum atomic E-state index is 12.1. The van der Waals surface area contributed by atoms with Gasteiger partial charge < -0.3 is 15.3 Å². The normalized spacial score (nSPS) is 18.7. The highest BCUT2D eigenvalue weighted by molar-refractivity contribution is 9.10. The number of carbonyl (C=O) groups excluding carboxylic acids is 1. The van der Waals surface area contributed by atoms with Crippen molar-refractivity contribution in [1.82, 2.24) is 4.90 Å². The number of anilines is 1. The number of urea groups is 1. The van der Waals surface area contributed by atoms with Gasteiger partial charge in [0.15, 0.2) is 0 Å². The van der Waals surface area contributed by atoms with Gasteiger partial charge in [-0.15, -0.1) is 0 Å². The third kappa shape index (κ3) is 3.64. The quantitative estimate of drug-likeness (QED) is 0.848. The number of benzene rings is 1. The molecule has 0 saturated carbocycles. The molecule has 1 aliphatic rings. The van der Waals surface area contributed by atoms with Crippen molar-refractivity contribution in [1.29, 1.82) is 0 Å². The van der Waals surface area contributed by atoms with E-state index in [1.54, 1.807) is 18.2 Å². The van der Waals surface area contributed by atoms with Crippen LogP contribution >= 0.6 is 27.5 Å². The van der Waals surface area contributed by atoms with Gasteiger partial charge in [0.25, 0.3) is 0 Å². The molecule has 0 bridgehead atoms. The summed E-state index contributed by atoms with van der Waals surface area (Å²) in [4.78, 5) is 24.6. The van der Waals surface area contributed by atoms with Crippen LogP contribution in [-0.4, -0.2) is 35.1 Å². The van der Waals surface area contributed by atoms with Gasteiger partial charge >= 0.3 is 12.0 Å². The Kier molecular flexibility index (Phi) is 4.88. The van der Waals surface area contributed by atoms with Gasteiger partial charge in [0, 0.05) is 23.2 Å². The van der Waals surface area contributed by atoms with Crippen molar-refractivity contribution in [3.63, 3.8) is 0 Å². The average molecular weight is 362 g/mol. The van der Waals surface area contributed by atoms with Crippen molar-refractivity contribution in [3.8, 4) is 0 Å². The first kappa shape index (κ1) is 15.1. The minimum atomic E-state index is -0.853. The third-order valence-electron chi connectivity index (χ3n) is 3.23. The Morgan fingerprint density at radius 2 is 2.20 bits per heavy atom. The Morgan fingerprint density at radius 3 is 2.85 bits per heavy atom. The second kappa shape index (κ2) is 6.45. The lowest BCUT2D eigenvalue weighted by Crippen LogP contribution is -2.44. The van der Waals surface area contributed by atoms with E-state index in [4.69, 9.17) is 16.7 Å². The van der Waals surface area contributed by atoms with Crippen LogP contribution < -0.4 is 5.32 Å². The van der Waals surface area contributed by atoms with Gasteiger partial charge in [-0.3, -0.25) is 4.79 Å². The number of halogens is 2. The van der Waals surface area contributed by atoms with Crippen LogP contribution in [0.1, 0.15) is 12.8 Å². The summed E-state index contributed by atoms with van der Waals surface area (Å²) in [5.41, 5.74) is 0.584. The Bertz CT molecular complexity index is 538. The third-order valence-corrected chi connectivity index (χ3v) is 4.46. The van der Waals surface area contributed by atoms with Gasteiger partial charge in [-0.1, -0.05) is 11.6 Å². The number of nitrogens with zero attached hydrogens (tertiary/aromatic N) is 1. The molecule has 20 heavy (non-hydrogen) atoms. The molecule has 1 saturated heterocycles.